The van der Waals surface area contributed by atoms with Crippen molar-refractivity contribution >= 4 is 40.2 Å². The zero-order valence-electron chi connectivity index (χ0n) is 14.7. The predicted molar refractivity (Wildman–Crippen MR) is 114 cm³/mol. The quantitative estimate of drug-likeness (QED) is 0.589. The van der Waals surface area contributed by atoms with E-state index in [4.69, 9.17) is 0 Å². The minimum atomic E-state index is 0.0661. The average molecular weight is 380 g/mol. The van der Waals surface area contributed by atoms with Gasteiger partial charge < -0.3 is 4.90 Å². The highest BCUT2D eigenvalue weighted by Gasteiger charge is 2.19. The average Bonchev–Trinajstić information content (AvgIpc) is 3.22. The second-order valence-electron chi connectivity index (χ2n) is 6.54. The van der Waals surface area contributed by atoms with Crippen molar-refractivity contribution in [1.29, 1.82) is 0 Å². The number of rotatable bonds is 4. The molecule has 1 heterocycles. The number of amides is 1. The summed E-state index contributed by atoms with van der Waals surface area (Å²) in [5, 5.41) is 2.44. The fourth-order valence-corrected chi connectivity index (χ4v) is 6.10. The van der Waals surface area contributed by atoms with Crippen molar-refractivity contribution in [3.05, 3.63) is 83.4 Å². The highest BCUT2D eigenvalue weighted by Crippen LogP contribution is 2.45. The van der Waals surface area contributed by atoms with Crippen LogP contribution in [-0.4, -0.2) is 29.4 Å². The van der Waals surface area contributed by atoms with Gasteiger partial charge in [-0.2, -0.15) is 0 Å². The maximum absolute atomic E-state index is 12.8. The van der Waals surface area contributed by atoms with Crippen LogP contribution < -0.4 is 0 Å². The van der Waals surface area contributed by atoms with Crippen LogP contribution >= 0.6 is 23.5 Å². The van der Waals surface area contributed by atoms with Gasteiger partial charge in [0.15, 0.2) is 0 Å². The van der Waals surface area contributed by atoms with E-state index in [-0.39, 0.29) is 5.91 Å². The monoisotopic (exact) mass is 379 g/mol. The molecule has 26 heavy (non-hydrogen) atoms. The summed E-state index contributed by atoms with van der Waals surface area (Å²) in [4.78, 5) is 14.6. The minimum absolute atomic E-state index is 0.0661. The lowest BCUT2D eigenvalue weighted by molar-refractivity contribution is 0.0785. The van der Waals surface area contributed by atoms with Crippen molar-refractivity contribution in [2.45, 2.75) is 11.1 Å². The molecule has 0 saturated carbocycles. The molecule has 0 radical (unpaired) electrons. The van der Waals surface area contributed by atoms with Crippen molar-refractivity contribution in [1.82, 2.24) is 4.90 Å². The van der Waals surface area contributed by atoms with Crippen LogP contribution in [0.4, 0.5) is 0 Å². The van der Waals surface area contributed by atoms with Gasteiger partial charge in [0, 0.05) is 30.7 Å². The Morgan fingerprint density at radius 3 is 2.38 bits per heavy atom. The van der Waals surface area contributed by atoms with E-state index >= 15 is 0 Å². The smallest absolute Gasteiger partial charge is 0.253 e. The van der Waals surface area contributed by atoms with Gasteiger partial charge in [0.05, 0.1) is 4.58 Å². The number of carbonyl (C=O) groups excluding carboxylic acids is 1. The molecular weight excluding hydrogens is 358 g/mol. The van der Waals surface area contributed by atoms with Gasteiger partial charge in [0.2, 0.25) is 0 Å². The summed E-state index contributed by atoms with van der Waals surface area (Å²) in [6, 6.07) is 22.8. The molecular formula is C22H21NOS2. The van der Waals surface area contributed by atoms with Crippen LogP contribution in [0.2, 0.25) is 0 Å². The normalized spacial score (nSPS) is 14.7. The summed E-state index contributed by atoms with van der Waals surface area (Å²) in [5.41, 5.74) is 3.21. The first-order valence-electron chi connectivity index (χ1n) is 8.77. The fraction of sp³-hybridized carbons (Fsp3) is 0.227. The Labute approximate surface area is 163 Å². The van der Waals surface area contributed by atoms with E-state index in [1.165, 1.54) is 27.8 Å². The Hall–Kier alpha value is -1.91. The Morgan fingerprint density at radius 1 is 0.962 bits per heavy atom. The molecule has 0 N–H and O–H groups in total. The third kappa shape index (κ3) is 3.76. The molecule has 0 aliphatic carbocycles. The van der Waals surface area contributed by atoms with Gasteiger partial charge in [-0.3, -0.25) is 4.79 Å². The molecule has 2 nitrogen and oxygen atoms in total. The van der Waals surface area contributed by atoms with Crippen LogP contribution in [0.3, 0.4) is 0 Å². The molecule has 0 aromatic heterocycles. The first-order valence-corrected chi connectivity index (χ1v) is 10.9. The molecule has 1 aliphatic rings. The van der Waals surface area contributed by atoms with Crippen molar-refractivity contribution in [3.63, 3.8) is 0 Å². The lowest BCUT2D eigenvalue weighted by Gasteiger charge is -2.18. The molecule has 0 atom stereocenters. The third-order valence-corrected chi connectivity index (χ3v) is 7.74. The second kappa shape index (κ2) is 7.77. The maximum atomic E-state index is 12.8. The first kappa shape index (κ1) is 17.5. The van der Waals surface area contributed by atoms with E-state index in [2.05, 4.69) is 42.5 Å². The van der Waals surface area contributed by atoms with Crippen molar-refractivity contribution < 1.29 is 4.79 Å². The molecule has 3 aromatic carbocycles. The first-order chi connectivity index (χ1) is 12.7. The summed E-state index contributed by atoms with van der Waals surface area (Å²) in [6.45, 7) is 0.611. The zero-order chi connectivity index (χ0) is 17.9. The molecule has 0 unspecified atom stereocenters. The number of hydrogen-bond acceptors (Lipinski definition) is 3. The number of carbonyl (C=O) groups is 1. The van der Waals surface area contributed by atoms with Crippen LogP contribution in [0.5, 0.6) is 0 Å². The number of hydrogen-bond donors (Lipinski definition) is 0. The summed E-state index contributed by atoms with van der Waals surface area (Å²) in [7, 11) is 1.87. The van der Waals surface area contributed by atoms with Crippen LogP contribution in [0.15, 0.2) is 66.7 Å². The Morgan fingerprint density at radius 2 is 1.65 bits per heavy atom. The maximum Gasteiger partial charge on any atom is 0.253 e. The van der Waals surface area contributed by atoms with Crippen molar-refractivity contribution in [2.75, 3.05) is 18.6 Å². The van der Waals surface area contributed by atoms with E-state index in [1.54, 1.807) is 4.90 Å². The molecule has 1 fully saturated rings. The third-order valence-electron chi connectivity index (χ3n) is 4.63. The summed E-state index contributed by atoms with van der Waals surface area (Å²) in [5.74, 6) is 2.49. The van der Waals surface area contributed by atoms with E-state index < -0.39 is 0 Å². The molecule has 1 aliphatic heterocycles. The number of nitrogens with zero attached hydrogens (tertiary/aromatic N) is 1. The van der Waals surface area contributed by atoms with Crippen molar-refractivity contribution in [3.8, 4) is 0 Å². The van der Waals surface area contributed by atoms with Gasteiger partial charge in [-0.05, 0) is 40.1 Å². The molecule has 0 spiro atoms. The van der Waals surface area contributed by atoms with Gasteiger partial charge in [-0.1, -0.05) is 48.5 Å². The second-order valence-corrected chi connectivity index (χ2v) is 9.26. The zero-order valence-corrected chi connectivity index (χ0v) is 16.4. The highest BCUT2D eigenvalue weighted by atomic mass is 32.2. The van der Waals surface area contributed by atoms with Crippen molar-refractivity contribution in [2.24, 2.45) is 0 Å². The fourth-order valence-electron chi connectivity index (χ4n) is 3.24. The molecule has 132 valence electrons. The van der Waals surface area contributed by atoms with Gasteiger partial charge in [-0.25, -0.2) is 0 Å². The van der Waals surface area contributed by atoms with Crippen LogP contribution in [0.25, 0.3) is 10.8 Å². The standard InChI is InChI=1S/C22H21NOS2/c1-23(15-16-6-7-17-4-2-3-5-20(17)14-16)21(24)18-8-10-19(11-9-18)22-25-12-13-26-22/h2-11,14,22H,12-13,15H2,1H3. The lowest BCUT2D eigenvalue weighted by Crippen LogP contribution is -2.26. The van der Waals surface area contributed by atoms with Gasteiger partial charge >= 0.3 is 0 Å². The molecule has 4 rings (SSSR count). The number of thioether (sulfide) groups is 2. The molecule has 1 saturated heterocycles. The van der Waals surface area contributed by atoms with Crippen LogP contribution in [0.1, 0.15) is 26.1 Å². The Kier molecular flexibility index (Phi) is 5.23. The van der Waals surface area contributed by atoms with E-state index in [0.717, 1.165) is 11.1 Å². The molecule has 3 aromatic rings. The van der Waals surface area contributed by atoms with Gasteiger partial charge in [0.1, 0.15) is 0 Å². The Bertz CT molecular complexity index is 917. The molecule has 4 heteroatoms. The van der Waals surface area contributed by atoms with Crippen LogP contribution in [0, 0.1) is 0 Å². The largest absolute Gasteiger partial charge is 0.337 e. The SMILES string of the molecule is CN(Cc1ccc2ccccc2c1)C(=O)c1ccc(C2SCCS2)cc1. The van der Waals surface area contributed by atoms with E-state index in [1.807, 2.05) is 54.8 Å². The predicted octanol–water partition coefficient (Wildman–Crippen LogP) is 5.59. The minimum Gasteiger partial charge on any atom is -0.337 e. The van der Waals surface area contributed by atoms with Crippen LogP contribution in [-0.2, 0) is 6.54 Å². The molecule has 1 amide bonds. The Balaban J connectivity index is 1.46. The number of fused-ring (bicyclic) bond motifs is 1. The topological polar surface area (TPSA) is 20.3 Å². The summed E-state index contributed by atoms with van der Waals surface area (Å²) in [6.07, 6.45) is 0. The van der Waals surface area contributed by atoms with Gasteiger partial charge in [-0.15, -0.1) is 23.5 Å². The highest BCUT2D eigenvalue weighted by molar-refractivity contribution is 8.19. The molecule has 0 bridgehead atoms. The lowest BCUT2D eigenvalue weighted by atomic mass is 10.1. The summed E-state index contributed by atoms with van der Waals surface area (Å²) >= 11 is 3.97. The van der Waals surface area contributed by atoms with E-state index in [9.17, 15) is 4.79 Å². The van der Waals surface area contributed by atoms with E-state index in [0.29, 0.717) is 11.1 Å². The number of benzene rings is 3. The van der Waals surface area contributed by atoms with Gasteiger partial charge in [0.25, 0.3) is 5.91 Å². The summed E-state index contributed by atoms with van der Waals surface area (Å²) < 4.78 is 0.523.